The molecule has 1 N–H and O–H groups in total. The monoisotopic (exact) mass is 292 g/mol. The smallest absolute Gasteiger partial charge is 0.248 e. The summed E-state index contributed by atoms with van der Waals surface area (Å²) in [5.41, 5.74) is 0. The van der Waals surface area contributed by atoms with Crippen LogP contribution in [0.25, 0.3) is 0 Å². The summed E-state index contributed by atoms with van der Waals surface area (Å²) >= 11 is 0. The van der Waals surface area contributed by atoms with E-state index in [-0.39, 0.29) is 12.5 Å². The first-order valence-electron chi connectivity index (χ1n) is 8.38. The molecule has 0 spiro atoms. The van der Waals surface area contributed by atoms with Crippen molar-refractivity contribution < 1.29 is 9.53 Å². The van der Waals surface area contributed by atoms with E-state index in [1.165, 1.54) is 12.8 Å². The number of carbonyl (C=O) groups excluding carboxylic acids is 1. The van der Waals surface area contributed by atoms with Gasteiger partial charge in [-0.1, -0.05) is 12.2 Å². The van der Waals surface area contributed by atoms with Crippen molar-refractivity contribution in [3.63, 3.8) is 0 Å². The van der Waals surface area contributed by atoms with Crippen LogP contribution in [-0.4, -0.2) is 49.7 Å². The number of fused-ring (bicyclic) bond motifs is 2. The largest absolute Gasteiger partial charge is 0.375 e. The highest BCUT2D eigenvalue weighted by Crippen LogP contribution is 2.44. The second-order valence-corrected chi connectivity index (χ2v) is 6.99. The Kier molecular flexibility index (Phi) is 4.65. The summed E-state index contributed by atoms with van der Waals surface area (Å²) in [7, 11) is 1.58. The van der Waals surface area contributed by atoms with E-state index in [0.29, 0.717) is 12.1 Å². The number of carbonyl (C=O) groups is 1. The Labute approximate surface area is 127 Å². The van der Waals surface area contributed by atoms with Gasteiger partial charge in [0.05, 0.1) is 0 Å². The molecule has 1 amide bonds. The van der Waals surface area contributed by atoms with Crippen molar-refractivity contribution in [1.82, 2.24) is 10.2 Å². The molecule has 2 fully saturated rings. The lowest BCUT2D eigenvalue weighted by Crippen LogP contribution is -2.49. The minimum absolute atomic E-state index is 0.127. The van der Waals surface area contributed by atoms with Crippen LogP contribution in [0.15, 0.2) is 12.2 Å². The Morgan fingerprint density at radius 2 is 2.10 bits per heavy atom. The number of likely N-dealkylation sites (tertiary alicyclic amines) is 1. The molecule has 0 aromatic heterocycles. The molecule has 1 saturated heterocycles. The van der Waals surface area contributed by atoms with Gasteiger partial charge in [0, 0.05) is 32.3 Å². The molecule has 3 rings (SSSR count). The summed E-state index contributed by atoms with van der Waals surface area (Å²) in [6, 6.07) is 1.16. The molecule has 2 bridgehead atoms. The van der Waals surface area contributed by atoms with Gasteiger partial charge in [-0.3, -0.25) is 4.79 Å². The number of nitrogens with zero attached hydrogens (tertiary/aromatic N) is 1. The molecular weight excluding hydrogens is 264 g/mol. The van der Waals surface area contributed by atoms with Crippen molar-refractivity contribution >= 4 is 5.91 Å². The van der Waals surface area contributed by atoms with Gasteiger partial charge >= 0.3 is 0 Å². The molecule has 3 aliphatic rings. The fraction of sp³-hybridized carbons (Fsp3) is 0.824. The number of hydrogen-bond donors (Lipinski definition) is 1. The predicted molar refractivity (Wildman–Crippen MR) is 82.9 cm³/mol. The zero-order valence-corrected chi connectivity index (χ0v) is 13.3. The Bertz CT molecular complexity index is 402. The van der Waals surface area contributed by atoms with E-state index in [9.17, 15) is 4.79 Å². The molecule has 21 heavy (non-hydrogen) atoms. The Balaban J connectivity index is 1.43. The number of ether oxygens (including phenoxy) is 1. The molecule has 4 heteroatoms. The molecular formula is C17H28N2O2. The summed E-state index contributed by atoms with van der Waals surface area (Å²) < 4.78 is 4.93. The number of piperidine rings is 1. The number of hydrogen-bond acceptors (Lipinski definition) is 3. The zero-order chi connectivity index (χ0) is 14.8. The number of nitrogens with one attached hydrogen (secondary N) is 1. The van der Waals surface area contributed by atoms with Crippen LogP contribution in [0.4, 0.5) is 0 Å². The van der Waals surface area contributed by atoms with Gasteiger partial charge in [0.15, 0.2) is 0 Å². The fourth-order valence-corrected chi connectivity index (χ4v) is 4.40. The number of amides is 1. The van der Waals surface area contributed by atoms with E-state index >= 15 is 0 Å². The average molecular weight is 292 g/mol. The Morgan fingerprint density at radius 1 is 1.33 bits per heavy atom. The van der Waals surface area contributed by atoms with E-state index in [0.717, 1.165) is 43.7 Å². The molecule has 118 valence electrons. The number of methoxy groups -OCH3 is 1. The van der Waals surface area contributed by atoms with Gasteiger partial charge < -0.3 is 15.0 Å². The fourth-order valence-electron chi connectivity index (χ4n) is 4.40. The first kappa shape index (κ1) is 15.0. The molecule has 0 aromatic rings. The van der Waals surface area contributed by atoms with E-state index < -0.39 is 0 Å². The topological polar surface area (TPSA) is 41.6 Å². The maximum atomic E-state index is 11.8. The summed E-state index contributed by atoms with van der Waals surface area (Å²) in [6.07, 6.45) is 9.71. The van der Waals surface area contributed by atoms with Crippen molar-refractivity contribution in [1.29, 1.82) is 0 Å². The van der Waals surface area contributed by atoms with Crippen molar-refractivity contribution in [2.75, 3.05) is 26.8 Å². The van der Waals surface area contributed by atoms with Crippen molar-refractivity contribution in [3.8, 4) is 0 Å². The summed E-state index contributed by atoms with van der Waals surface area (Å²) in [5.74, 6) is 2.59. The highest BCUT2D eigenvalue weighted by molar-refractivity contribution is 5.77. The van der Waals surface area contributed by atoms with Crippen molar-refractivity contribution in [3.05, 3.63) is 12.2 Å². The Morgan fingerprint density at radius 3 is 2.67 bits per heavy atom. The third-order valence-electron chi connectivity index (χ3n) is 5.59. The second-order valence-electron chi connectivity index (χ2n) is 6.99. The van der Waals surface area contributed by atoms with Gasteiger partial charge in [-0.05, 0) is 50.4 Å². The standard InChI is InChI=1S/C17H28N2O2/c1-12(16-10-13-3-4-14(16)9-13)18-15-5-7-19(8-6-15)17(20)11-21-2/h3-4,12-16,18H,5-11H2,1-2H3. The van der Waals surface area contributed by atoms with Gasteiger partial charge in [-0.2, -0.15) is 0 Å². The van der Waals surface area contributed by atoms with Crippen LogP contribution < -0.4 is 5.32 Å². The van der Waals surface area contributed by atoms with Crippen LogP contribution in [0.1, 0.15) is 32.6 Å². The van der Waals surface area contributed by atoms with Crippen LogP contribution in [0, 0.1) is 17.8 Å². The molecule has 0 radical (unpaired) electrons. The van der Waals surface area contributed by atoms with Crippen LogP contribution in [-0.2, 0) is 9.53 Å². The first-order valence-corrected chi connectivity index (χ1v) is 8.38. The zero-order valence-electron chi connectivity index (χ0n) is 13.3. The van der Waals surface area contributed by atoms with Gasteiger partial charge in [0.25, 0.3) is 0 Å². The molecule has 1 heterocycles. The van der Waals surface area contributed by atoms with Gasteiger partial charge in [-0.25, -0.2) is 0 Å². The second kappa shape index (κ2) is 6.49. The number of rotatable bonds is 5. The van der Waals surface area contributed by atoms with Gasteiger partial charge in [-0.15, -0.1) is 0 Å². The van der Waals surface area contributed by atoms with Crippen molar-refractivity contribution in [2.24, 2.45) is 17.8 Å². The van der Waals surface area contributed by atoms with Gasteiger partial charge in [0.2, 0.25) is 5.91 Å². The lowest BCUT2D eigenvalue weighted by molar-refractivity contribution is -0.136. The van der Waals surface area contributed by atoms with E-state index in [4.69, 9.17) is 4.74 Å². The summed E-state index contributed by atoms with van der Waals surface area (Å²) in [6.45, 7) is 4.29. The van der Waals surface area contributed by atoms with Crippen molar-refractivity contribution in [2.45, 2.75) is 44.7 Å². The van der Waals surface area contributed by atoms with Crippen LogP contribution in [0.3, 0.4) is 0 Å². The summed E-state index contributed by atoms with van der Waals surface area (Å²) in [5, 5.41) is 3.83. The molecule has 4 nitrogen and oxygen atoms in total. The molecule has 1 saturated carbocycles. The maximum Gasteiger partial charge on any atom is 0.248 e. The third-order valence-corrected chi connectivity index (χ3v) is 5.59. The molecule has 0 aromatic carbocycles. The maximum absolute atomic E-state index is 11.8. The van der Waals surface area contributed by atoms with Gasteiger partial charge in [0.1, 0.15) is 6.61 Å². The minimum Gasteiger partial charge on any atom is -0.375 e. The first-order chi connectivity index (χ1) is 10.2. The average Bonchev–Trinajstić information content (AvgIpc) is 3.11. The van der Waals surface area contributed by atoms with Crippen LogP contribution >= 0.6 is 0 Å². The third kappa shape index (κ3) is 3.32. The lowest BCUT2D eigenvalue weighted by atomic mass is 9.86. The van der Waals surface area contributed by atoms with Crippen LogP contribution in [0.2, 0.25) is 0 Å². The van der Waals surface area contributed by atoms with E-state index in [1.807, 2.05) is 4.90 Å². The van der Waals surface area contributed by atoms with Crippen LogP contribution in [0.5, 0.6) is 0 Å². The summed E-state index contributed by atoms with van der Waals surface area (Å²) in [4.78, 5) is 13.7. The molecule has 1 aliphatic heterocycles. The Hall–Kier alpha value is -0.870. The minimum atomic E-state index is 0.127. The predicted octanol–water partition coefficient (Wildman–Crippen LogP) is 1.81. The SMILES string of the molecule is COCC(=O)N1CCC(NC(C)C2CC3C=CC2C3)CC1. The molecule has 4 unspecified atom stereocenters. The normalized spacial score (nSPS) is 33.6. The number of allylic oxidation sites excluding steroid dienone is 2. The lowest BCUT2D eigenvalue weighted by Gasteiger charge is -2.36. The molecule has 2 aliphatic carbocycles. The highest BCUT2D eigenvalue weighted by atomic mass is 16.5. The van der Waals surface area contributed by atoms with E-state index in [2.05, 4.69) is 24.4 Å². The molecule has 4 atom stereocenters. The quantitative estimate of drug-likeness (QED) is 0.786. The van der Waals surface area contributed by atoms with E-state index in [1.54, 1.807) is 7.11 Å². The highest BCUT2D eigenvalue weighted by Gasteiger charge is 2.39.